The van der Waals surface area contributed by atoms with Crippen LogP contribution in [0.5, 0.6) is 5.75 Å². The molecule has 0 amide bonds. The lowest BCUT2D eigenvalue weighted by atomic mass is 10.2. The molecule has 150 valence electrons. The van der Waals surface area contributed by atoms with Crippen LogP contribution in [0.25, 0.3) is 0 Å². The van der Waals surface area contributed by atoms with Crippen LogP contribution in [0.4, 0.5) is 34.4 Å². The summed E-state index contributed by atoms with van der Waals surface area (Å²) in [6.45, 7) is 0. The molecule has 4 aromatic rings. The van der Waals surface area contributed by atoms with E-state index < -0.39 is 0 Å². The van der Waals surface area contributed by atoms with Crippen molar-refractivity contribution in [3.05, 3.63) is 91.3 Å². The Kier molecular flexibility index (Phi) is 5.61. The van der Waals surface area contributed by atoms with E-state index in [1.54, 1.807) is 7.11 Å². The molecular weight excluding hydrogens is 376 g/mol. The van der Waals surface area contributed by atoms with Crippen molar-refractivity contribution in [1.29, 1.82) is 0 Å². The van der Waals surface area contributed by atoms with Gasteiger partial charge in [-0.1, -0.05) is 42.5 Å². The fourth-order valence-electron chi connectivity index (χ4n) is 2.96. The number of hydrogen-bond acceptors (Lipinski definition) is 7. The van der Waals surface area contributed by atoms with Gasteiger partial charge in [0.2, 0.25) is 0 Å². The van der Waals surface area contributed by atoms with E-state index in [1.165, 1.54) is 6.33 Å². The lowest BCUT2D eigenvalue weighted by Gasteiger charge is -2.26. The Morgan fingerprint density at radius 1 is 0.800 bits per heavy atom. The molecular formula is C23H22N6O. The summed E-state index contributed by atoms with van der Waals surface area (Å²) >= 11 is 0. The van der Waals surface area contributed by atoms with E-state index in [2.05, 4.69) is 20.7 Å². The Morgan fingerprint density at radius 3 is 2.07 bits per heavy atom. The van der Waals surface area contributed by atoms with Gasteiger partial charge in [-0.05, 0) is 36.4 Å². The molecule has 0 saturated heterocycles. The summed E-state index contributed by atoms with van der Waals surface area (Å²) in [5.41, 5.74) is 12.8. The second kappa shape index (κ2) is 8.83. The van der Waals surface area contributed by atoms with Gasteiger partial charge in [-0.2, -0.15) is 0 Å². The molecule has 0 radical (unpaired) electrons. The summed E-state index contributed by atoms with van der Waals surface area (Å²) in [6.07, 6.45) is 1.47. The van der Waals surface area contributed by atoms with Gasteiger partial charge < -0.3 is 15.8 Å². The van der Waals surface area contributed by atoms with Crippen LogP contribution in [0.3, 0.4) is 0 Å². The van der Waals surface area contributed by atoms with Crippen LogP contribution in [-0.2, 0) is 0 Å². The number of nitrogens with one attached hydrogen (secondary N) is 2. The van der Waals surface area contributed by atoms with Gasteiger partial charge in [-0.25, -0.2) is 9.97 Å². The average Bonchev–Trinajstić information content (AvgIpc) is 2.81. The molecule has 1 heterocycles. The molecule has 0 atom stereocenters. The van der Waals surface area contributed by atoms with E-state index in [9.17, 15) is 0 Å². The number of benzene rings is 3. The molecule has 0 unspecified atom stereocenters. The molecule has 0 fully saturated rings. The van der Waals surface area contributed by atoms with Crippen LogP contribution >= 0.6 is 0 Å². The molecule has 4 N–H and O–H groups in total. The van der Waals surface area contributed by atoms with E-state index >= 15 is 0 Å². The van der Waals surface area contributed by atoms with Gasteiger partial charge in [0.05, 0.1) is 18.5 Å². The molecule has 0 bridgehead atoms. The minimum atomic E-state index is 0.400. The Morgan fingerprint density at radius 2 is 1.43 bits per heavy atom. The number of methoxy groups -OCH3 is 1. The number of anilines is 6. The van der Waals surface area contributed by atoms with Crippen LogP contribution in [0.15, 0.2) is 91.3 Å². The first-order valence-corrected chi connectivity index (χ1v) is 9.43. The first kappa shape index (κ1) is 19.1. The normalized spacial score (nSPS) is 10.3. The molecule has 7 heteroatoms. The van der Waals surface area contributed by atoms with Crippen molar-refractivity contribution in [3.63, 3.8) is 0 Å². The average molecular weight is 398 g/mol. The van der Waals surface area contributed by atoms with E-state index in [0.717, 1.165) is 22.8 Å². The summed E-state index contributed by atoms with van der Waals surface area (Å²) < 4.78 is 5.27. The maximum absolute atomic E-state index is 6.40. The van der Waals surface area contributed by atoms with Gasteiger partial charge in [0.25, 0.3) is 0 Å². The van der Waals surface area contributed by atoms with Gasteiger partial charge >= 0.3 is 0 Å². The minimum Gasteiger partial charge on any atom is -0.497 e. The summed E-state index contributed by atoms with van der Waals surface area (Å²) in [7, 11) is 1.63. The van der Waals surface area contributed by atoms with Crippen LogP contribution in [0.2, 0.25) is 0 Å². The van der Waals surface area contributed by atoms with Gasteiger partial charge in [-0.15, -0.1) is 0 Å². The molecule has 1 aromatic heterocycles. The number of nitrogens with two attached hydrogens (primary N) is 1. The van der Waals surface area contributed by atoms with Crippen LogP contribution in [0, 0.1) is 0 Å². The highest BCUT2D eigenvalue weighted by atomic mass is 16.5. The minimum absolute atomic E-state index is 0.400. The summed E-state index contributed by atoms with van der Waals surface area (Å²) in [4.78, 5) is 8.65. The van der Waals surface area contributed by atoms with Gasteiger partial charge in [0.15, 0.2) is 11.6 Å². The largest absolute Gasteiger partial charge is 0.497 e. The summed E-state index contributed by atoms with van der Waals surface area (Å²) in [5, 5.41) is 5.15. The maximum atomic E-state index is 6.40. The van der Waals surface area contributed by atoms with Crippen molar-refractivity contribution in [3.8, 4) is 5.75 Å². The second-order valence-electron chi connectivity index (χ2n) is 6.46. The molecule has 0 spiro atoms. The Labute approximate surface area is 175 Å². The standard InChI is InChI=1S/C23H22N6O/c1-30-20-14-8-9-17(15-20)27-22-21(24)23(26-16-25-22)28-29(18-10-4-2-5-11-18)19-12-6-3-7-13-19/h2-16H,24H2,1H3,(H2,25,26,27,28). The zero-order valence-corrected chi connectivity index (χ0v) is 16.5. The fraction of sp³-hybridized carbons (Fsp3) is 0.0435. The third kappa shape index (κ3) is 4.25. The number of ether oxygens (including phenoxy) is 1. The lowest BCUT2D eigenvalue weighted by molar-refractivity contribution is 0.415. The number of para-hydroxylation sites is 2. The monoisotopic (exact) mass is 398 g/mol. The van der Waals surface area contributed by atoms with Gasteiger partial charge in [0.1, 0.15) is 17.8 Å². The first-order chi connectivity index (χ1) is 14.7. The van der Waals surface area contributed by atoms with E-state index in [4.69, 9.17) is 10.5 Å². The van der Waals surface area contributed by atoms with Crippen LogP contribution in [-0.4, -0.2) is 17.1 Å². The number of hydrogen-bond donors (Lipinski definition) is 3. The molecule has 0 aliphatic carbocycles. The molecule has 0 saturated carbocycles. The molecule has 4 rings (SSSR count). The third-order valence-corrected chi connectivity index (χ3v) is 4.46. The summed E-state index contributed by atoms with van der Waals surface area (Å²) in [6, 6.07) is 27.4. The highest BCUT2D eigenvalue weighted by Crippen LogP contribution is 2.31. The molecule has 0 aliphatic heterocycles. The number of rotatable bonds is 7. The topological polar surface area (TPSA) is 88.3 Å². The predicted molar refractivity (Wildman–Crippen MR) is 121 cm³/mol. The zero-order valence-electron chi connectivity index (χ0n) is 16.5. The number of nitrogen functional groups attached to an aromatic ring is 1. The SMILES string of the molecule is COc1cccc(Nc2ncnc(NN(c3ccccc3)c3ccccc3)c2N)c1. The molecule has 3 aromatic carbocycles. The van der Waals surface area contributed by atoms with Crippen LogP contribution < -0.4 is 26.2 Å². The molecule has 0 aliphatic rings. The number of aromatic nitrogens is 2. The van der Waals surface area contributed by atoms with Crippen molar-refractivity contribution in [2.24, 2.45) is 0 Å². The van der Waals surface area contributed by atoms with E-state index in [-0.39, 0.29) is 0 Å². The smallest absolute Gasteiger partial charge is 0.173 e. The Balaban J connectivity index is 1.65. The van der Waals surface area contributed by atoms with Crippen LogP contribution in [0.1, 0.15) is 0 Å². The fourth-order valence-corrected chi connectivity index (χ4v) is 2.96. The zero-order chi connectivity index (χ0) is 20.8. The Hall–Kier alpha value is -4.26. The van der Waals surface area contributed by atoms with Gasteiger partial charge in [-0.3, -0.25) is 10.4 Å². The lowest BCUT2D eigenvalue weighted by Crippen LogP contribution is -2.26. The number of hydrazine groups is 1. The first-order valence-electron chi connectivity index (χ1n) is 9.43. The summed E-state index contributed by atoms with van der Waals surface area (Å²) in [5.74, 6) is 1.73. The van der Waals surface area contributed by atoms with Crippen molar-refractivity contribution in [2.75, 3.05) is 28.6 Å². The third-order valence-electron chi connectivity index (χ3n) is 4.46. The van der Waals surface area contributed by atoms with E-state index in [1.807, 2.05) is 89.9 Å². The van der Waals surface area contributed by atoms with Crippen molar-refractivity contribution in [1.82, 2.24) is 9.97 Å². The molecule has 30 heavy (non-hydrogen) atoms. The van der Waals surface area contributed by atoms with Crippen molar-refractivity contribution >= 4 is 34.4 Å². The van der Waals surface area contributed by atoms with E-state index in [0.29, 0.717) is 17.3 Å². The second-order valence-corrected chi connectivity index (χ2v) is 6.46. The Bertz CT molecular complexity index is 1070. The molecule has 7 nitrogen and oxygen atoms in total. The highest BCUT2D eigenvalue weighted by molar-refractivity contribution is 5.80. The van der Waals surface area contributed by atoms with Gasteiger partial charge in [0, 0.05) is 11.8 Å². The quantitative estimate of drug-likeness (QED) is 0.379. The highest BCUT2D eigenvalue weighted by Gasteiger charge is 2.14. The van der Waals surface area contributed by atoms with Crippen molar-refractivity contribution in [2.45, 2.75) is 0 Å². The van der Waals surface area contributed by atoms with Crippen molar-refractivity contribution < 1.29 is 4.74 Å². The maximum Gasteiger partial charge on any atom is 0.173 e. The predicted octanol–water partition coefficient (Wildman–Crippen LogP) is 4.98. The number of nitrogens with zero attached hydrogens (tertiary/aromatic N) is 3.